The number of nitrogens with one attached hydrogen (secondary N) is 1. The highest BCUT2D eigenvalue weighted by atomic mass is 32.2. The molecule has 0 spiro atoms. The summed E-state index contributed by atoms with van der Waals surface area (Å²) in [6.45, 7) is 7.29. The molecule has 8 heteroatoms. The highest BCUT2D eigenvalue weighted by Gasteiger charge is 2.33. The molecular weight excluding hydrogens is 378 g/mol. The summed E-state index contributed by atoms with van der Waals surface area (Å²) in [4.78, 5) is 17.1. The number of anilines is 1. The Morgan fingerprint density at radius 1 is 1.22 bits per heavy atom. The number of likely N-dealkylation sites (tertiary alicyclic amines) is 1. The maximum atomic E-state index is 12.8. The third-order valence-corrected chi connectivity index (χ3v) is 6.90. The van der Waals surface area contributed by atoms with Gasteiger partial charge in [-0.25, -0.2) is 0 Å². The number of aryl methyl sites for hydroxylation is 3. The molecule has 140 valence electrons. The Balaban J connectivity index is 1.40. The molecule has 27 heavy (non-hydrogen) atoms. The molecule has 0 aliphatic carbocycles. The summed E-state index contributed by atoms with van der Waals surface area (Å²) in [5, 5.41) is 9.19. The van der Waals surface area contributed by atoms with Crippen molar-refractivity contribution in [2.75, 3.05) is 18.8 Å². The maximum Gasteiger partial charge on any atom is 0.266 e. The molecule has 1 amide bonds. The van der Waals surface area contributed by atoms with Gasteiger partial charge in [0.2, 0.25) is 0 Å². The lowest BCUT2D eigenvalue weighted by molar-refractivity contribution is 0.0601. The van der Waals surface area contributed by atoms with Crippen molar-refractivity contribution in [3.8, 4) is 0 Å². The number of carbonyl (C=O) groups is 1. The van der Waals surface area contributed by atoms with Crippen molar-refractivity contribution in [1.29, 1.82) is 0 Å². The largest absolute Gasteiger partial charge is 0.397 e. The van der Waals surface area contributed by atoms with Gasteiger partial charge in [0.1, 0.15) is 9.71 Å². The van der Waals surface area contributed by atoms with Gasteiger partial charge in [-0.3, -0.25) is 9.52 Å². The predicted molar refractivity (Wildman–Crippen MR) is 111 cm³/mol. The van der Waals surface area contributed by atoms with E-state index in [1.165, 1.54) is 21.8 Å². The van der Waals surface area contributed by atoms with Crippen LogP contribution in [0.3, 0.4) is 0 Å². The third-order valence-electron chi connectivity index (χ3n) is 4.86. The molecule has 6 nitrogen and oxygen atoms in total. The fourth-order valence-electron chi connectivity index (χ4n) is 3.02. The van der Waals surface area contributed by atoms with Crippen LogP contribution < -0.4 is 10.5 Å². The first-order chi connectivity index (χ1) is 12.9. The molecule has 2 aromatic heterocycles. The van der Waals surface area contributed by atoms with Gasteiger partial charge >= 0.3 is 0 Å². The molecule has 0 unspecified atom stereocenters. The number of aromatic nitrogens is 2. The van der Waals surface area contributed by atoms with Crippen LogP contribution in [0.2, 0.25) is 0 Å². The van der Waals surface area contributed by atoms with Gasteiger partial charge in [-0.15, -0.1) is 16.4 Å². The van der Waals surface area contributed by atoms with E-state index in [0.29, 0.717) is 23.7 Å². The Morgan fingerprint density at radius 2 is 1.93 bits per heavy atom. The van der Waals surface area contributed by atoms with E-state index < -0.39 is 0 Å². The van der Waals surface area contributed by atoms with Gasteiger partial charge in [0.25, 0.3) is 5.91 Å². The second-order valence-corrected chi connectivity index (χ2v) is 8.79. The molecule has 1 aliphatic rings. The number of rotatable bonds is 4. The molecule has 1 fully saturated rings. The predicted octanol–water partition coefficient (Wildman–Crippen LogP) is 3.32. The fraction of sp³-hybridized carbons (Fsp3) is 0.316. The minimum absolute atomic E-state index is 0.0223. The highest BCUT2D eigenvalue weighted by Crippen LogP contribution is 2.36. The van der Waals surface area contributed by atoms with E-state index in [1.54, 1.807) is 11.9 Å². The summed E-state index contributed by atoms with van der Waals surface area (Å²) in [6, 6.07) is 8.66. The van der Waals surface area contributed by atoms with E-state index in [1.807, 2.05) is 18.7 Å². The van der Waals surface area contributed by atoms with Crippen LogP contribution in [0.1, 0.15) is 26.5 Å². The Labute approximate surface area is 166 Å². The molecule has 0 saturated carbocycles. The van der Waals surface area contributed by atoms with E-state index in [0.717, 1.165) is 21.5 Å². The van der Waals surface area contributed by atoms with Crippen LogP contribution in [-0.4, -0.2) is 40.1 Å². The second-order valence-electron chi connectivity index (χ2n) is 6.88. The van der Waals surface area contributed by atoms with Crippen LogP contribution in [0.15, 0.2) is 29.2 Å². The van der Waals surface area contributed by atoms with Gasteiger partial charge in [-0.2, -0.15) is 5.10 Å². The Kier molecular flexibility index (Phi) is 4.79. The number of nitrogens with zero attached hydrogens (tertiary/aromatic N) is 3. The summed E-state index contributed by atoms with van der Waals surface area (Å²) in [5.74, 6) is -0.0223. The summed E-state index contributed by atoms with van der Waals surface area (Å²) < 4.78 is 3.42. The van der Waals surface area contributed by atoms with E-state index in [9.17, 15) is 4.79 Å². The van der Waals surface area contributed by atoms with Crippen LogP contribution in [0, 0.1) is 20.8 Å². The minimum Gasteiger partial charge on any atom is -0.397 e. The molecular formula is C19H21N5OS2. The first-order valence-electron chi connectivity index (χ1n) is 8.74. The average molecular weight is 400 g/mol. The van der Waals surface area contributed by atoms with Gasteiger partial charge in [0.05, 0.1) is 17.4 Å². The number of nitrogens with two attached hydrogens (primary N) is 1. The number of nitrogen functional groups attached to an aromatic ring is 1. The molecule has 0 bridgehead atoms. The summed E-state index contributed by atoms with van der Waals surface area (Å²) in [7, 11) is 0. The van der Waals surface area contributed by atoms with Crippen molar-refractivity contribution in [2.24, 2.45) is 0 Å². The van der Waals surface area contributed by atoms with Crippen molar-refractivity contribution in [2.45, 2.75) is 31.7 Å². The average Bonchev–Trinajstić information content (AvgIpc) is 2.95. The van der Waals surface area contributed by atoms with Crippen molar-refractivity contribution in [3.05, 3.63) is 46.0 Å². The van der Waals surface area contributed by atoms with Gasteiger partial charge in [-0.1, -0.05) is 17.7 Å². The normalized spacial score (nSPS) is 14.6. The van der Waals surface area contributed by atoms with Crippen LogP contribution in [-0.2, 0) is 0 Å². The van der Waals surface area contributed by atoms with Gasteiger partial charge in [0, 0.05) is 23.4 Å². The molecule has 1 aromatic carbocycles. The molecule has 3 heterocycles. The standard InChI is InChI=1S/C19H21N5OS2/c1-10-4-6-14(7-5-10)27-23-13-8-24(9-13)19(25)17-16(20)15-11(2)12(3)21-22-18(15)26-17/h4-7,13,23H,8-9,20H2,1-3H3. The van der Waals surface area contributed by atoms with Gasteiger partial charge < -0.3 is 10.6 Å². The third kappa shape index (κ3) is 3.40. The lowest BCUT2D eigenvalue weighted by Crippen LogP contribution is -2.58. The summed E-state index contributed by atoms with van der Waals surface area (Å²) >= 11 is 2.93. The molecule has 4 rings (SSSR count). The van der Waals surface area contributed by atoms with Crippen LogP contribution >= 0.6 is 23.3 Å². The van der Waals surface area contributed by atoms with Crippen LogP contribution in [0.4, 0.5) is 5.69 Å². The number of hydrogen-bond donors (Lipinski definition) is 2. The molecule has 0 radical (unpaired) electrons. The monoisotopic (exact) mass is 399 g/mol. The Morgan fingerprint density at radius 3 is 2.63 bits per heavy atom. The Bertz CT molecular complexity index is 1010. The van der Waals surface area contributed by atoms with E-state index in [2.05, 4.69) is 46.1 Å². The molecule has 3 aromatic rings. The fourth-order valence-corrected chi connectivity index (χ4v) is 4.81. The second kappa shape index (κ2) is 7.10. The zero-order chi connectivity index (χ0) is 19.1. The summed E-state index contributed by atoms with van der Waals surface area (Å²) in [5.41, 5.74) is 9.89. The molecule has 1 aliphatic heterocycles. The number of fused-ring (bicyclic) bond motifs is 1. The lowest BCUT2D eigenvalue weighted by atomic mass is 10.1. The van der Waals surface area contributed by atoms with E-state index in [4.69, 9.17) is 5.73 Å². The first-order valence-corrected chi connectivity index (χ1v) is 10.4. The van der Waals surface area contributed by atoms with Crippen molar-refractivity contribution in [1.82, 2.24) is 19.8 Å². The van der Waals surface area contributed by atoms with E-state index >= 15 is 0 Å². The number of carbonyl (C=O) groups excluding carboxylic acids is 1. The number of benzene rings is 1. The van der Waals surface area contributed by atoms with Crippen LogP contribution in [0.25, 0.3) is 10.2 Å². The topological polar surface area (TPSA) is 84.1 Å². The zero-order valence-corrected chi connectivity index (χ0v) is 17.1. The first kappa shape index (κ1) is 18.2. The Hall–Kier alpha value is -2.16. The molecule has 3 N–H and O–H groups in total. The van der Waals surface area contributed by atoms with Crippen molar-refractivity contribution in [3.63, 3.8) is 0 Å². The highest BCUT2D eigenvalue weighted by molar-refractivity contribution is 7.97. The van der Waals surface area contributed by atoms with E-state index in [-0.39, 0.29) is 11.9 Å². The van der Waals surface area contributed by atoms with Gasteiger partial charge in [0.15, 0.2) is 0 Å². The summed E-state index contributed by atoms with van der Waals surface area (Å²) in [6.07, 6.45) is 0. The molecule has 0 atom stereocenters. The smallest absolute Gasteiger partial charge is 0.266 e. The van der Waals surface area contributed by atoms with Crippen molar-refractivity contribution >= 4 is 45.1 Å². The molecule has 1 saturated heterocycles. The maximum absolute atomic E-state index is 12.8. The van der Waals surface area contributed by atoms with Crippen LogP contribution in [0.5, 0.6) is 0 Å². The van der Waals surface area contributed by atoms with Crippen molar-refractivity contribution < 1.29 is 4.79 Å². The minimum atomic E-state index is -0.0223. The van der Waals surface area contributed by atoms with Gasteiger partial charge in [-0.05, 0) is 50.4 Å². The number of hydrogen-bond acceptors (Lipinski definition) is 7. The number of thiophene rings is 1. The lowest BCUT2D eigenvalue weighted by Gasteiger charge is -2.39. The number of amides is 1. The quantitative estimate of drug-likeness (QED) is 0.655. The SMILES string of the molecule is Cc1ccc(SNC2CN(C(=O)c3sc4nnc(C)c(C)c4c3N)C2)cc1. The zero-order valence-electron chi connectivity index (χ0n) is 15.4.